The minimum atomic E-state index is -2.90. The van der Waals surface area contributed by atoms with Crippen molar-refractivity contribution in [1.29, 1.82) is 0 Å². The minimum Gasteiger partial charge on any atom is -0.288 e. The van der Waals surface area contributed by atoms with Crippen LogP contribution in [0.15, 0.2) is 42.9 Å². The second-order valence-electron chi connectivity index (χ2n) is 5.09. The molecule has 0 aliphatic heterocycles. The molecule has 2 aromatic heterocycles. The molecule has 0 aliphatic carbocycles. The van der Waals surface area contributed by atoms with E-state index >= 15 is 0 Å². The fourth-order valence-corrected chi connectivity index (χ4v) is 2.21. The number of hydrogen-bond donors (Lipinski definition) is 1. The molecule has 0 fully saturated rings. The van der Waals surface area contributed by atoms with Gasteiger partial charge in [-0.05, 0) is 24.1 Å². The largest absolute Gasteiger partial charge is 0.333 e. The van der Waals surface area contributed by atoms with Gasteiger partial charge in [0.25, 0.3) is 5.91 Å². The number of nitrogens with zero attached hydrogens (tertiary/aromatic N) is 5. The molecule has 9 heteroatoms. The zero-order valence-corrected chi connectivity index (χ0v) is 12.7. The van der Waals surface area contributed by atoms with Gasteiger partial charge in [-0.25, -0.2) is 9.67 Å². The summed E-state index contributed by atoms with van der Waals surface area (Å²) in [4.78, 5) is 16.0. The first-order chi connectivity index (χ1) is 11.5. The number of anilines is 1. The summed E-state index contributed by atoms with van der Waals surface area (Å²) in [5, 5.41) is 9.92. The number of benzene rings is 1. The van der Waals surface area contributed by atoms with Gasteiger partial charge >= 0.3 is 6.55 Å². The van der Waals surface area contributed by atoms with Gasteiger partial charge in [0.05, 0.1) is 6.54 Å². The summed E-state index contributed by atoms with van der Waals surface area (Å²) in [5.74, 6) is -0.711. The van der Waals surface area contributed by atoms with Crippen LogP contribution in [-0.4, -0.2) is 30.5 Å². The van der Waals surface area contributed by atoms with Crippen LogP contribution in [0, 0.1) is 6.92 Å². The first kappa shape index (κ1) is 15.8. The molecule has 1 aromatic carbocycles. The standard InChI is InChI=1S/C15H14F2N6O/c1-10-4-2-3-5-11(10)8-22-9-18-15(21-22)20-13(24)12-6-7-19-23(12)14(16)17/h2-7,9,14H,8H2,1H3,(H,20,21,24). The fourth-order valence-electron chi connectivity index (χ4n) is 2.21. The van der Waals surface area contributed by atoms with Gasteiger partial charge in [-0.15, -0.1) is 5.10 Å². The molecule has 7 nitrogen and oxygen atoms in total. The van der Waals surface area contributed by atoms with Gasteiger partial charge in [-0.2, -0.15) is 18.6 Å². The summed E-state index contributed by atoms with van der Waals surface area (Å²) < 4.78 is 27.3. The van der Waals surface area contributed by atoms with Crippen LogP contribution in [0.4, 0.5) is 14.7 Å². The highest BCUT2D eigenvalue weighted by Crippen LogP contribution is 2.13. The Bertz CT molecular complexity index is 857. The molecule has 0 unspecified atom stereocenters. The molecule has 2 heterocycles. The van der Waals surface area contributed by atoms with Crippen LogP contribution in [0.3, 0.4) is 0 Å². The summed E-state index contributed by atoms with van der Waals surface area (Å²) in [6.07, 6.45) is 2.59. The minimum absolute atomic E-state index is 0.0376. The molecule has 0 saturated carbocycles. The van der Waals surface area contributed by atoms with E-state index in [0.717, 1.165) is 17.3 Å². The van der Waals surface area contributed by atoms with Crippen LogP contribution in [0.25, 0.3) is 0 Å². The number of halogens is 2. The molecular weight excluding hydrogens is 318 g/mol. The molecule has 0 spiro atoms. The van der Waals surface area contributed by atoms with Crippen LogP contribution in [0.5, 0.6) is 0 Å². The zero-order valence-electron chi connectivity index (χ0n) is 12.7. The van der Waals surface area contributed by atoms with Gasteiger partial charge < -0.3 is 0 Å². The molecule has 3 rings (SSSR count). The Kier molecular flexibility index (Phi) is 4.32. The SMILES string of the molecule is Cc1ccccc1Cn1cnc(NC(=O)c2ccnn2C(F)F)n1. The second-order valence-corrected chi connectivity index (χ2v) is 5.09. The van der Waals surface area contributed by atoms with Crippen molar-refractivity contribution < 1.29 is 13.6 Å². The van der Waals surface area contributed by atoms with Crippen molar-refractivity contribution in [3.05, 3.63) is 59.7 Å². The van der Waals surface area contributed by atoms with Crippen molar-refractivity contribution in [3.63, 3.8) is 0 Å². The summed E-state index contributed by atoms with van der Waals surface area (Å²) in [5.41, 5.74) is 1.91. The molecule has 0 saturated heterocycles. The highest BCUT2D eigenvalue weighted by molar-refractivity contribution is 6.01. The Balaban J connectivity index is 1.71. The number of amides is 1. The topological polar surface area (TPSA) is 77.6 Å². The number of rotatable bonds is 5. The molecule has 0 radical (unpaired) electrons. The van der Waals surface area contributed by atoms with Crippen LogP contribution in [0.1, 0.15) is 28.2 Å². The van der Waals surface area contributed by atoms with E-state index in [4.69, 9.17) is 0 Å². The Hall–Kier alpha value is -3.10. The quantitative estimate of drug-likeness (QED) is 0.779. The lowest BCUT2D eigenvalue weighted by Crippen LogP contribution is -2.19. The maximum atomic E-state index is 12.7. The van der Waals surface area contributed by atoms with Crippen LogP contribution >= 0.6 is 0 Å². The van der Waals surface area contributed by atoms with E-state index in [9.17, 15) is 13.6 Å². The van der Waals surface area contributed by atoms with Crippen molar-refractivity contribution in [2.24, 2.45) is 0 Å². The predicted octanol–water partition coefficient (Wildman–Crippen LogP) is 2.48. The highest BCUT2D eigenvalue weighted by atomic mass is 19.3. The number of aromatic nitrogens is 5. The van der Waals surface area contributed by atoms with Crippen molar-refractivity contribution in [3.8, 4) is 0 Å². The molecule has 0 bridgehead atoms. The summed E-state index contributed by atoms with van der Waals surface area (Å²) in [6, 6.07) is 9.02. The van der Waals surface area contributed by atoms with Gasteiger partial charge in [0.1, 0.15) is 12.0 Å². The zero-order chi connectivity index (χ0) is 17.1. The van der Waals surface area contributed by atoms with E-state index in [0.29, 0.717) is 11.2 Å². The molecule has 0 aliphatic rings. The number of alkyl halides is 2. The third-order valence-corrected chi connectivity index (χ3v) is 3.44. The van der Waals surface area contributed by atoms with Crippen LogP contribution in [-0.2, 0) is 6.54 Å². The van der Waals surface area contributed by atoms with Crippen molar-refractivity contribution in [1.82, 2.24) is 24.5 Å². The second kappa shape index (κ2) is 6.57. The smallest absolute Gasteiger partial charge is 0.288 e. The van der Waals surface area contributed by atoms with Crippen molar-refractivity contribution >= 4 is 11.9 Å². The Morgan fingerprint density at radius 1 is 1.29 bits per heavy atom. The lowest BCUT2D eigenvalue weighted by Gasteiger charge is -2.05. The Labute approximate surface area is 135 Å². The van der Waals surface area contributed by atoms with E-state index in [1.165, 1.54) is 12.4 Å². The molecule has 0 atom stereocenters. The molecule has 24 heavy (non-hydrogen) atoms. The molecule has 1 N–H and O–H groups in total. The maximum Gasteiger partial charge on any atom is 0.333 e. The normalized spacial score (nSPS) is 11.0. The van der Waals surface area contributed by atoms with E-state index in [1.54, 1.807) is 4.68 Å². The van der Waals surface area contributed by atoms with Crippen LogP contribution in [0.2, 0.25) is 0 Å². The predicted molar refractivity (Wildman–Crippen MR) is 81.7 cm³/mol. The van der Waals surface area contributed by atoms with E-state index in [-0.39, 0.29) is 11.6 Å². The fraction of sp³-hybridized carbons (Fsp3) is 0.200. The number of hydrogen-bond acceptors (Lipinski definition) is 4. The summed E-state index contributed by atoms with van der Waals surface area (Å²) in [6.45, 7) is -0.419. The van der Waals surface area contributed by atoms with Gasteiger partial charge in [0.2, 0.25) is 5.95 Å². The van der Waals surface area contributed by atoms with Gasteiger partial charge in [-0.3, -0.25) is 10.1 Å². The first-order valence-electron chi connectivity index (χ1n) is 7.11. The maximum absolute atomic E-state index is 12.7. The Morgan fingerprint density at radius 3 is 2.83 bits per heavy atom. The molecule has 1 amide bonds. The number of carbonyl (C=O) groups is 1. The Morgan fingerprint density at radius 2 is 2.08 bits per heavy atom. The molecule has 124 valence electrons. The highest BCUT2D eigenvalue weighted by Gasteiger charge is 2.19. The van der Waals surface area contributed by atoms with Crippen LogP contribution < -0.4 is 5.32 Å². The summed E-state index contributed by atoms with van der Waals surface area (Å²) >= 11 is 0. The third-order valence-electron chi connectivity index (χ3n) is 3.44. The van der Waals surface area contributed by atoms with E-state index < -0.39 is 12.5 Å². The lowest BCUT2D eigenvalue weighted by molar-refractivity contribution is 0.0520. The van der Waals surface area contributed by atoms with Gasteiger partial charge in [0.15, 0.2) is 0 Å². The third kappa shape index (κ3) is 3.29. The first-order valence-corrected chi connectivity index (χ1v) is 7.11. The monoisotopic (exact) mass is 332 g/mol. The van der Waals surface area contributed by atoms with Gasteiger partial charge in [-0.1, -0.05) is 24.3 Å². The average Bonchev–Trinajstić information content (AvgIpc) is 3.19. The molecule has 3 aromatic rings. The number of nitrogens with one attached hydrogen (secondary N) is 1. The van der Waals surface area contributed by atoms with Crippen molar-refractivity contribution in [2.45, 2.75) is 20.0 Å². The number of carbonyl (C=O) groups excluding carboxylic acids is 1. The average molecular weight is 332 g/mol. The number of aryl methyl sites for hydroxylation is 1. The summed E-state index contributed by atoms with van der Waals surface area (Å²) in [7, 11) is 0. The van der Waals surface area contributed by atoms with E-state index in [1.807, 2.05) is 31.2 Å². The van der Waals surface area contributed by atoms with Gasteiger partial charge in [0, 0.05) is 6.20 Å². The van der Waals surface area contributed by atoms with E-state index in [2.05, 4.69) is 20.5 Å². The molecular formula is C15H14F2N6O. The lowest BCUT2D eigenvalue weighted by atomic mass is 10.1. The van der Waals surface area contributed by atoms with Crippen molar-refractivity contribution in [2.75, 3.05) is 5.32 Å².